The van der Waals surface area contributed by atoms with Crippen molar-refractivity contribution in [2.24, 2.45) is 0 Å². The van der Waals surface area contributed by atoms with Gasteiger partial charge in [0.25, 0.3) is 0 Å². The zero-order valence-electron chi connectivity index (χ0n) is 15.9. The quantitative estimate of drug-likeness (QED) is 0.666. The first-order valence-corrected chi connectivity index (χ1v) is 10.2. The van der Waals surface area contributed by atoms with E-state index in [9.17, 15) is 4.39 Å². The summed E-state index contributed by atoms with van der Waals surface area (Å²) < 4.78 is 15.7. The molecule has 5 rings (SSSR count). The van der Waals surface area contributed by atoms with Gasteiger partial charge in [-0.25, -0.2) is 9.37 Å². The SMILES string of the molecule is Cc1cnc2c(c1)c1c(n2CCc2ccc(F)cc2)CCN2CCCCC12. The highest BCUT2D eigenvalue weighted by atomic mass is 19.1. The number of halogens is 1. The summed E-state index contributed by atoms with van der Waals surface area (Å²) in [6.45, 7) is 5.42. The molecule has 3 aromatic rings. The second kappa shape index (κ2) is 6.75. The summed E-state index contributed by atoms with van der Waals surface area (Å²) in [6, 6.07) is 9.79. The average molecular weight is 363 g/mol. The van der Waals surface area contributed by atoms with E-state index in [4.69, 9.17) is 4.98 Å². The predicted octanol–water partition coefficient (Wildman–Crippen LogP) is 4.81. The van der Waals surface area contributed by atoms with Crippen molar-refractivity contribution in [1.29, 1.82) is 0 Å². The third-order valence-corrected chi connectivity index (χ3v) is 6.31. The molecule has 1 atom stereocenters. The first-order valence-electron chi connectivity index (χ1n) is 10.2. The maximum atomic E-state index is 13.2. The Labute approximate surface area is 159 Å². The van der Waals surface area contributed by atoms with Crippen molar-refractivity contribution in [3.8, 4) is 0 Å². The predicted molar refractivity (Wildman–Crippen MR) is 106 cm³/mol. The van der Waals surface area contributed by atoms with Crippen molar-refractivity contribution in [2.75, 3.05) is 13.1 Å². The molecule has 4 heteroatoms. The van der Waals surface area contributed by atoms with Gasteiger partial charge in [0.1, 0.15) is 11.5 Å². The van der Waals surface area contributed by atoms with E-state index in [1.165, 1.54) is 53.6 Å². The lowest BCUT2D eigenvalue weighted by atomic mass is 9.89. The van der Waals surface area contributed by atoms with Crippen LogP contribution in [0, 0.1) is 12.7 Å². The summed E-state index contributed by atoms with van der Waals surface area (Å²) in [6.07, 6.45) is 7.90. The fraction of sp³-hybridized carbons (Fsp3) is 0.435. The molecule has 2 aliphatic rings. The molecule has 1 aromatic carbocycles. The van der Waals surface area contributed by atoms with Gasteiger partial charge in [0.2, 0.25) is 0 Å². The highest BCUT2D eigenvalue weighted by Crippen LogP contribution is 2.42. The van der Waals surface area contributed by atoms with Crippen molar-refractivity contribution in [3.63, 3.8) is 0 Å². The fourth-order valence-electron chi connectivity index (χ4n) is 5.01. The molecule has 140 valence electrons. The molecule has 0 saturated carbocycles. The Morgan fingerprint density at radius 3 is 2.85 bits per heavy atom. The van der Waals surface area contributed by atoms with Crippen LogP contribution in [0.5, 0.6) is 0 Å². The maximum Gasteiger partial charge on any atom is 0.140 e. The number of fused-ring (bicyclic) bond motifs is 5. The number of nitrogens with zero attached hydrogens (tertiary/aromatic N) is 3. The molecule has 0 spiro atoms. The summed E-state index contributed by atoms with van der Waals surface area (Å²) in [4.78, 5) is 7.51. The van der Waals surface area contributed by atoms with Crippen molar-refractivity contribution < 1.29 is 4.39 Å². The van der Waals surface area contributed by atoms with E-state index in [1.807, 2.05) is 18.3 Å². The van der Waals surface area contributed by atoms with E-state index in [0.29, 0.717) is 6.04 Å². The minimum Gasteiger partial charge on any atom is -0.329 e. The van der Waals surface area contributed by atoms with Gasteiger partial charge in [-0.3, -0.25) is 4.90 Å². The number of benzene rings is 1. The minimum absolute atomic E-state index is 0.169. The monoisotopic (exact) mass is 363 g/mol. The average Bonchev–Trinajstić information content (AvgIpc) is 3.01. The van der Waals surface area contributed by atoms with Crippen LogP contribution in [-0.2, 0) is 19.4 Å². The maximum absolute atomic E-state index is 13.2. The smallest absolute Gasteiger partial charge is 0.140 e. The fourth-order valence-corrected chi connectivity index (χ4v) is 5.01. The van der Waals surface area contributed by atoms with Crippen LogP contribution < -0.4 is 0 Å². The molecule has 1 saturated heterocycles. The molecule has 3 nitrogen and oxygen atoms in total. The van der Waals surface area contributed by atoms with Gasteiger partial charge in [-0.15, -0.1) is 0 Å². The Kier molecular flexibility index (Phi) is 4.24. The third-order valence-electron chi connectivity index (χ3n) is 6.31. The van der Waals surface area contributed by atoms with Crippen molar-refractivity contribution >= 4 is 11.0 Å². The van der Waals surface area contributed by atoms with E-state index >= 15 is 0 Å². The van der Waals surface area contributed by atoms with Gasteiger partial charge in [-0.1, -0.05) is 18.6 Å². The van der Waals surface area contributed by atoms with Crippen molar-refractivity contribution in [2.45, 2.75) is 51.6 Å². The number of piperidine rings is 1. The summed E-state index contributed by atoms with van der Waals surface area (Å²) in [5.41, 5.74) is 6.54. The molecule has 4 heterocycles. The van der Waals surface area contributed by atoms with Crippen LogP contribution in [0.2, 0.25) is 0 Å². The topological polar surface area (TPSA) is 21.1 Å². The molecule has 27 heavy (non-hydrogen) atoms. The summed E-state index contributed by atoms with van der Waals surface area (Å²) in [5, 5.41) is 1.35. The lowest BCUT2D eigenvalue weighted by Gasteiger charge is -2.39. The van der Waals surface area contributed by atoms with Gasteiger partial charge in [-0.05, 0) is 67.6 Å². The zero-order chi connectivity index (χ0) is 18.4. The van der Waals surface area contributed by atoms with Crippen molar-refractivity contribution in [1.82, 2.24) is 14.5 Å². The van der Waals surface area contributed by atoms with E-state index in [-0.39, 0.29) is 5.82 Å². The molecule has 1 fully saturated rings. The third kappa shape index (κ3) is 2.96. The lowest BCUT2D eigenvalue weighted by Crippen LogP contribution is -2.39. The van der Waals surface area contributed by atoms with Crippen molar-refractivity contribution in [3.05, 3.63) is 64.7 Å². The van der Waals surface area contributed by atoms with Gasteiger partial charge in [0, 0.05) is 42.8 Å². The largest absolute Gasteiger partial charge is 0.329 e. The zero-order valence-corrected chi connectivity index (χ0v) is 15.9. The second-order valence-electron chi connectivity index (χ2n) is 8.07. The Balaban J connectivity index is 1.57. The molecule has 0 N–H and O–H groups in total. The van der Waals surface area contributed by atoms with E-state index in [2.05, 4.69) is 22.5 Å². The van der Waals surface area contributed by atoms with E-state index in [0.717, 1.165) is 31.6 Å². The normalized spacial score (nSPS) is 19.9. The number of hydrogen-bond donors (Lipinski definition) is 0. The Bertz CT molecular complexity index is 973. The number of pyridine rings is 1. The first-order chi connectivity index (χ1) is 13.2. The number of hydrogen-bond acceptors (Lipinski definition) is 2. The highest BCUT2D eigenvalue weighted by Gasteiger charge is 2.34. The van der Waals surface area contributed by atoms with Crippen LogP contribution in [0.3, 0.4) is 0 Å². The van der Waals surface area contributed by atoms with Crippen LogP contribution in [-0.4, -0.2) is 27.5 Å². The van der Waals surface area contributed by atoms with Crippen LogP contribution in [0.25, 0.3) is 11.0 Å². The molecule has 0 aliphatic carbocycles. The Hall–Kier alpha value is -2.20. The van der Waals surface area contributed by atoms with Gasteiger partial charge >= 0.3 is 0 Å². The first kappa shape index (κ1) is 16.9. The van der Waals surface area contributed by atoms with Crippen LogP contribution in [0.1, 0.15) is 47.7 Å². The van der Waals surface area contributed by atoms with Crippen LogP contribution in [0.15, 0.2) is 36.5 Å². The second-order valence-corrected chi connectivity index (χ2v) is 8.07. The van der Waals surface area contributed by atoms with Crippen LogP contribution in [0.4, 0.5) is 4.39 Å². The van der Waals surface area contributed by atoms with Gasteiger partial charge in [-0.2, -0.15) is 0 Å². The molecule has 1 unspecified atom stereocenters. The Morgan fingerprint density at radius 1 is 1.15 bits per heavy atom. The number of aromatic nitrogens is 2. The van der Waals surface area contributed by atoms with Gasteiger partial charge in [0.15, 0.2) is 0 Å². The summed E-state index contributed by atoms with van der Waals surface area (Å²) in [5.74, 6) is -0.169. The molecule has 2 aliphatic heterocycles. The number of rotatable bonds is 3. The van der Waals surface area contributed by atoms with E-state index < -0.39 is 0 Å². The standard InChI is InChI=1S/C23H26FN3/c1-16-14-19-22-20-4-2-3-11-26(20)12-10-21(22)27(23(19)25-15-16)13-9-17-5-7-18(24)8-6-17/h5-8,14-15,20H,2-4,9-13H2,1H3. The Morgan fingerprint density at radius 2 is 2.00 bits per heavy atom. The summed E-state index contributed by atoms with van der Waals surface area (Å²) in [7, 11) is 0. The van der Waals surface area contributed by atoms with E-state index in [1.54, 1.807) is 12.1 Å². The lowest BCUT2D eigenvalue weighted by molar-refractivity contribution is 0.138. The van der Waals surface area contributed by atoms with Gasteiger partial charge < -0.3 is 4.57 Å². The highest BCUT2D eigenvalue weighted by molar-refractivity contribution is 5.84. The molecule has 0 amide bonds. The van der Waals surface area contributed by atoms with Crippen LogP contribution >= 0.6 is 0 Å². The molecular formula is C23H26FN3. The molecule has 0 radical (unpaired) electrons. The minimum atomic E-state index is -0.169. The van der Waals surface area contributed by atoms with Gasteiger partial charge in [0.05, 0.1) is 0 Å². The molecule has 2 aromatic heterocycles. The molecular weight excluding hydrogens is 337 g/mol. The summed E-state index contributed by atoms with van der Waals surface area (Å²) >= 11 is 0. The molecule has 0 bridgehead atoms. The number of aryl methyl sites for hydroxylation is 3.